The van der Waals surface area contributed by atoms with E-state index in [1.807, 2.05) is 31.2 Å². The standard InChI is InChI=1S/C22H22ClN3O3/c1-3-12-26(21(27)11-8-15-6-4-5-7-19(15)29-2)14-20-24-18-13-16(23)9-10-17(18)22(28)25-20/h4-11,13H,3,12,14H2,1-2H3,(H,24,25,28)/b11-8+. The Hall–Kier alpha value is -3.12. The van der Waals surface area contributed by atoms with Gasteiger partial charge in [0.15, 0.2) is 0 Å². The molecule has 6 nitrogen and oxygen atoms in total. The van der Waals surface area contributed by atoms with Gasteiger partial charge in [-0.05, 0) is 36.8 Å². The third-order valence-corrected chi connectivity index (χ3v) is 4.64. The molecule has 1 aromatic heterocycles. The molecule has 1 amide bonds. The van der Waals surface area contributed by atoms with Gasteiger partial charge in [0.25, 0.3) is 5.56 Å². The van der Waals surface area contributed by atoms with Crippen LogP contribution < -0.4 is 10.3 Å². The van der Waals surface area contributed by atoms with Gasteiger partial charge in [-0.1, -0.05) is 36.7 Å². The Morgan fingerprint density at radius 3 is 2.83 bits per heavy atom. The highest BCUT2D eigenvalue weighted by atomic mass is 35.5. The summed E-state index contributed by atoms with van der Waals surface area (Å²) in [6.07, 6.45) is 4.00. The average Bonchev–Trinajstić information content (AvgIpc) is 2.71. The molecule has 150 valence electrons. The van der Waals surface area contributed by atoms with Gasteiger partial charge in [-0.25, -0.2) is 4.98 Å². The Balaban J connectivity index is 1.84. The molecule has 3 aromatic rings. The van der Waals surface area contributed by atoms with Crippen LogP contribution in [0.2, 0.25) is 5.02 Å². The molecule has 2 aromatic carbocycles. The number of H-pyrrole nitrogens is 1. The van der Waals surface area contributed by atoms with Crippen molar-refractivity contribution in [2.75, 3.05) is 13.7 Å². The van der Waals surface area contributed by atoms with Crippen LogP contribution >= 0.6 is 11.6 Å². The number of carbonyl (C=O) groups is 1. The zero-order chi connectivity index (χ0) is 20.8. The quantitative estimate of drug-likeness (QED) is 0.595. The van der Waals surface area contributed by atoms with E-state index >= 15 is 0 Å². The van der Waals surface area contributed by atoms with Gasteiger partial charge in [-0.3, -0.25) is 9.59 Å². The minimum Gasteiger partial charge on any atom is -0.496 e. The number of amides is 1. The summed E-state index contributed by atoms with van der Waals surface area (Å²) in [4.78, 5) is 34.0. The molecule has 0 fully saturated rings. The van der Waals surface area contributed by atoms with Crippen molar-refractivity contribution in [3.63, 3.8) is 0 Å². The van der Waals surface area contributed by atoms with Crippen molar-refractivity contribution >= 4 is 34.5 Å². The lowest BCUT2D eigenvalue weighted by atomic mass is 10.2. The first-order chi connectivity index (χ1) is 14.0. The summed E-state index contributed by atoms with van der Waals surface area (Å²) in [6.45, 7) is 2.72. The number of methoxy groups -OCH3 is 1. The number of aromatic amines is 1. The smallest absolute Gasteiger partial charge is 0.258 e. The molecule has 0 saturated carbocycles. The van der Waals surface area contributed by atoms with E-state index in [2.05, 4.69) is 9.97 Å². The topological polar surface area (TPSA) is 75.3 Å². The minimum atomic E-state index is -0.255. The molecule has 0 bridgehead atoms. The second-order valence-corrected chi connectivity index (χ2v) is 6.95. The van der Waals surface area contributed by atoms with Crippen LogP contribution in [0.5, 0.6) is 5.75 Å². The summed E-state index contributed by atoms with van der Waals surface area (Å²) in [6, 6.07) is 12.4. The van der Waals surface area contributed by atoms with Crippen LogP contribution in [0, 0.1) is 0 Å². The fraction of sp³-hybridized carbons (Fsp3) is 0.227. The number of nitrogens with zero attached hydrogens (tertiary/aromatic N) is 2. The van der Waals surface area contributed by atoms with Gasteiger partial charge in [-0.15, -0.1) is 0 Å². The van der Waals surface area contributed by atoms with Gasteiger partial charge in [0.05, 0.1) is 24.6 Å². The third kappa shape index (κ3) is 5.03. The number of ether oxygens (including phenoxy) is 1. The lowest BCUT2D eigenvalue weighted by Crippen LogP contribution is -2.31. The summed E-state index contributed by atoms with van der Waals surface area (Å²) < 4.78 is 5.31. The number of aromatic nitrogens is 2. The van der Waals surface area contributed by atoms with Crippen molar-refractivity contribution in [2.24, 2.45) is 0 Å². The first-order valence-electron chi connectivity index (χ1n) is 9.30. The number of carbonyl (C=O) groups excluding carboxylic acids is 1. The predicted molar refractivity (Wildman–Crippen MR) is 115 cm³/mol. The molecular formula is C22H22ClN3O3. The average molecular weight is 412 g/mol. The van der Waals surface area contributed by atoms with Crippen molar-refractivity contribution in [3.05, 3.63) is 75.3 Å². The van der Waals surface area contributed by atoms with Gasteiger partial charge in [-0.2, -0.15) is 0 Å². The molecule has 0 saturated heterocycles. The van der Waals surface area contributed by atoms with Gasteiger partial charge in [0, 0.05) is 23.2 Å². The molecule has 0 aliphatic heterocycles. The van der Waals surface area contributed by atoms with Crippen molar-refractivity contribution in [1.82, 2.24) is 14.9 Å². The number of hydrogen-bond acceptors (Lipinski definition) is 4. The molecule has 1 N–H and O–H groups in total. The van der Waals surface area contributed by atoms with E-state index in [1.165, 1.54) is 6.08 Å². The van der Waals surface area contributed by atoms with Gasteiger partial charge in [0.1, 0.15) is 11.6 Å². The largest absolute Gasteiger partial charge is 0.496 e. The number of nitrogens with one attached hydrogen (secondary N) is 1. The molecule has 0 atom stereocenters. The predicted octanol–water partition coefficient (Wildman–Crippen LogP) is 4.04. The van der Waals surface area contributed by atoms with Crippen molar-refractivity contribution < 1.29 is 9.53 Å². The Morgan fingerprint density at radius 2 is 2.07 bits per heavy atom. The highest BCUT2D eigenvalue weighted by molar-refractivity contribution is 6.31. The van der Waals surface area contributed by atoms with Gasteiger partial charge < -0.3 is 14.6 Å². The Labute approximate surface area is 173 Å². The molecule has 0 aliphatic carbocycles. The SMILES string of the molecule is CCCN(Cc1nc2cc(Cl)ccc2c(=O)[nH]1)C(=O)/C=C/c1ccccc1OC. The molecule has 29 heavy (non-hydrogen) atoms. The van der Waals surface area contributed by atoms with Crippen LogP contribution in [0.3, 0.4) is 0 Å². The summed E-state index contributed by atoms with van der Waals surface area (Å²) in [5, 5.41) is 0.963. The normalized spacial score (nSPS) is 11.1. The Morgan fingerprint density at radius 1 is 1.28 bits per heavy atom. The number of benzene rings is 2. The van der Waals surface area contributed by atoms with Gasteiger partial charge >= 0.3 is 0 Å². The second-order valence-electron chi connectivity index (χ2n) is 6.51. The van der Waals surface area contributed by atoms with Crippen molar-refractivity contribution in [3.8, 4) is 5.75 Å². The summed E-state index contributed by atoms with van der Waals surface area (Å²) >= 11 is 6.02. The maximum atomic E-state index is 12.8. The summed E-state index contributed by atoms with van der Waals surface area (Å²) in [5.41, 5.74) is 1.06. The summed E-state index contributed by atoms with van der Waals surface area (Å²) in [5.74, 6) is 0.930. The number of rotatable bonds is 7. The number of halogens is 1. The Kier molecular flexibility index (Phi) is 6.67. The molecule has 0 radical (unpaired) electrons. The lowest BCUT2D eigenvalue weighted by molar-refractivity contribution is -0.126. The van der Waals surface area contributed by atoms with E-state index in [4.69, 9.17) is 16.3 Å². The van der Waals surface area contributed by atoms with E-state index in [-0.39, 0.29) is 18.0 Å². The minimum absolute atomic E-state index is 0.174. The van der Waals surface area contributed by atoms with Gasteiger partial charge in [0.2, 0.25) is 5.91 Å². The molecule has 3 rings (SSSR count). The number of fused-ring (bicyclic) bond motifs is 1. The van der Waals surface area contributed by atoms with Crippen LogP contribution in [0.1, 0.15) is 24.7 Å². The molecular weight excluding hydrogens is 390 g/mol. The van der Waals surface area contributed by atoms with Crippen LogP contribution in [0.25, 0.3) is 17.0 Å². The van der Waals surface area contributed by atoms with Crippen LogP contribution in [-0.4, -0.2) is 34.4 Å². The zero-order valence-electron chi connectivity index (χ0n) is 16.3. The van der Waals surface area contributed by atoms with Crippen LogP contribution in [0.15, 0.2) is 53.3 Å². The molecule has 7 heteroatoms. The number of hydrogen-bond donors (Lipinski definition) is 1. The van der Waals surface area contributed by atoms with Crippen LogP contribution in [0.4, 0.5) is 0 Å². The molecule has 1 heterocycles. The monoisotopic (exact) mass is 411 g/mol. The lowest BCUT2D eigenvalue weighted by Gasteiger charge is -2.20. The molecule has 0 aliphatic rings. The molecule has 0 unspecified atom stereocenters. The first-order valence-corrected chi connectivity index (χ1v) is 9.68. The second kappa shape index (κ2) is 9.39. The van der Waals surface area contributed by atoms with Crippen molar-refractivity contribution in [2.45, 2.75) is 19.9 Å². The highest BCUT2D eigenvalue weighted by Gasteiger charge is 2.13. The zero-order valence-corrected chi connectivity index (χ0v) is 17.1. The first kappa shape index (κ1) is 20.6. The van der Waals surface area contributed by atoms with E-state index in [1.54, 1.807) is 36.3 Å². The third-order valence-electron chi connectivity index (χ3n) is 4.41. The van der Waals surface area contributed by atoms with Crippen molar-refractivity contribution in [1.29, 1.82) is 0 Å². The maximum absolute atomic E-state index is 12.8. The van der Waals surface area contributed by atoms with E-state index in [9.17, 15) is 9.59 Å². The number of para-hydroxylation sites is 1. The van der Waals surface area contributed by atoms with E-state index < -0.39 is 0 Å². The fourth-order valence-corrected chi connectivity index (χ4v) is 3.19. The molecule has 0 spiro atoms. The van der Waals surface area contributed by atoms with E-state index in [0.717, 1.165) is 12.0 Å². The maximum Gasteiger partial charge on any atom is 0.258 e. The highest BCUT2D eigenvalue weighted by Crippen LogP contribution is 2.19. The Bertz CT molecular complexity index is 1110. The summed E-state index contributed by atoms with van der Waals surface area (Å²) in [7, 11) is 1.59. The van der Waals surface area contributed by atoms with Crippen LogP contribution in [-0.2, 0) is 11.3 Å². The van der Waals surface area contributed by atoms with E-state index in [0.29, 0.717) is 34.0 Å². The fourth-order valence-electron chi connectivity index (χ4n) is 3.02.